The van der Waals surface area contributed by atoms with E-state index in [1.807, 2.05) is 0 Å². The minimum absolute atomic E-state index is 0.0646. The summed E-state index contributed by atoms with van der Waals surface area (Å²) in [5.74, 6) is -0.883. The van der Waals surface area contributed by atoms with Crippen LogP contribution in [0.5, 0.6) is 5.75 Å². The second-order valence-corrected chi connectivity index (χ2v) is 8.17. The maximum Gasteiger partial charge on any atom is 0.343 e. The predicted molar refractivity (Wildman–Crippen MR) is 132 cm³/mol. The molecular weight excluding hydrogens is 448 g/mol. The summed E-state index contributed by atoms with van der Waals surface area (Å²) in [5, 5.41) is 9.06. The number of benzene rings is 2. The Labute approximate surface area is 204 Å². The summed E-state index contributed by atoms with van der Waals surface area (Å²) < 4.78 is 10.5. The second kappa shape index (κ2) is 11.9. The highest BCUT2D eigenvalue weighted by molar-refractivity contribution is 5.97. The van der Waals surface area contributed by atoms with Crippen LogP contribution in [0.3, 0.4) is 0 Å². The van der Waals surface area contributed by atoms with Gasteiger partial charge in [-0.2, -0.15) is 0 Å². The molecule has 1 atom stereocenters. The van der Waals surface area contributed by atoms with Crippen LogP contribution in [0.25, 0.3) is 6.08 Å². The van der Waals surface area contributed by atoms with Crippen LogP contribution in [-0.2, 0) is 14.3 Å². The number of piperidine rings is 1. The summed E-state index contributed by atoms with van der Waals surface area (Å²) in [6.45, 7) is 4.32. The number of carbonyl (C=O) groups excluding carboxylic acids is 3. The molecule has 2 aromatic carbocycles. The van der Waals surface area contributed by atoms with Crippen molar-refractivity contribution in [1.82, 2.24) is 10.4 Å². The van der Waals surface area contributed by atoms with Gasteiger partial charge in [0.2, 0.25) is 0 Å². The van der Waals surface area contributed by atoms with Crippen LogP contribution < -0.4 is 15.9 Å². The van der Waals surface area contributed by atoms with E-state index in [1.165, 1.54) is 0 Å². The molecule has 1 aliphatic rings. The van der Waals surface area contributed by atoms with E-state index in [9.17, 15) is 14.4 Å². The quantitative estimate of drug-likeness (QED) is 0.174. The van der Waals surface area contributed by atoms with Gasteiger partial charge in [-0.15, -0.1) is 0 Å². The molecule has 9 heteroatoms. The highest BCUT2D eigenvalue weighted by Crippen LogP contribution is 2.18. The fourth-order valence-electron chi connectivity index (χ4n) is 3.67. The fraction of sp³-hybridized carbons (Fsp3) is 0.308. The van der Waals surface area contributed by atoms with Gasteiger partial charge in [0, 0.05) is 17.7 Å². The number of ether oxygens (including phenoxy) is 2. The van der Waals surface area contributed by atoms with Gasteiger partial charge in [0.1, 0.15) is 17.6 Å². The number of nitrogens with zero attached hydrogens (tertiary/aromatic N) is 1. The molecule has 0 spiro atoms. The minimum Gasteiger partial charge on any atom is -0.465 e. The van der Waals surface area contributed by atoms with E-state index in [4.69, 9.17) is 20.6 Å². The number of amides is 1. The maximum absolute atomic E-state index is 12.7. The van der Waals surface area contributed by atoms with Gasteiger partial charge in [-0.3, -0.25) is 20.4 Å². The first kappa shape index (κ1) is 25.6. The van der Waals surface area contributed by atoms with Gasteiger partial charge in [-0.05, 0) is 81.1 Å². The molecule has 4 N–H and O–H groups in total. The molecule has 1 amide bonds. The van der Waals surface area contributed by atoms with Crippen molar-refractivity contribution in [3.8, 4) is 5.75 Å². The summed E-state index contributed by atoms with van der Waals surface area (Å²) in [6.07, 6.45) is 4.13. The monoisotopic (exact) mass is 478 g/mol. The third-order valence-corrected chi connectivity index (χ3v) is 5.57. The predicted octanol–water partition coefficient (Wildman–Crippen LogP) is 3.04. The standard InChI is InChI=1S/C26H30N4O5/c1-3-34-26(33)22-6-4-5-15-30(22)29-24(31)17(2)16-18-7-9-20(10-8-18)25(32)35-21-13-11-19(12-14-21)23(27)28/h7-14,16,22H,3-6,15H2,1-2H3,(H3,27,28)(H,29,31). The molecule has 184 valence electrons. The van der Waals surface area contributed by atoms with E-state index in [1.54, 1.807) is 73.5 Å². The Balaban J connectivity index is 1.60. The van der Waals surface area contributed by atoms with E-state index < -0.39 is 12.0 Å². The van der Waals surface area contributed by atoms with Crippen LogP contribution in [-0.4, -0.2) is 47.9 Å². The molecule has 0 bridgehead atoms. The van der Waals surface area contributed by atoms with Crippen molar-refractivity contribution < 1.29 is 23.9 Å². The van der Waals surface area contributed by atoms with Gasteiger partial charge in [0.15, 0.2) is 0 Å². The zero-order valence-corrected chi connectivity index (χ0v) is 19.9. The largest absolute Gasteiger partial charge is 0.465 e. The Hall–Kier alpha value is -3.98. The van der Waals surface area contributed by atoms with Crippen LogP contribution >= 0.6 is 0 Å². The molecule has 1 heterocycles. The van der Waals surface area contributed by atoms with Gasteiger partial charge in [-0.25, -0.2) is 9.80 Å². The number of rotatable bonds is 8. The molecular formula is C26H30N4O5. The molecule has 1 unspecified atom stereocenters. The van der Waals surface area contributed by atoms with Gasteiger partial charge in [0.05, 0.1) is 12.2 Å². The van der Waals surface area contributed by atoms with Gasteiger partial charge < -0.3 is 15.2 Å². The summed E-state index contributed by atoms with van der Waals surface area (Å²) >= 11 is 0. The molecule has 9 nitrogen and oxygen atoms in total. The zero-order chi connectivity index (χ0) is 25.4. The van der Waals surface area contributed by atoms with Crippen molar-refractivity contribution in [2.75, 3.05) is 13.2 Å². The van der Waals surface area contributed by atoms with Crippen molar-refractivity contribution in [2.24, 2.45) is 5.73 Å². The fourth-order valence-corrected chi connectivity index (χ4v) is 3.67. The minimum atomic E-state index is -0.527. The molecule has 2 aromatic rings. The third kappa shape index (κ3) is 7.00. The van der Waals surface area contributed by atoms with Crippen molar-refractivity contribution in [3.63, 3.8) is 0 Å². The molecule has 1 fully saturated rings. The van der Waals surface area contributed by atoms with E-state index in [-0.39, 0.29) is 17.7 Å². The number of amidine groups is 1. The van der Waals surface area contributed by atoms with Crippen molar-refractivity contribution in [1.29, 1.82) is 5.41 Å². The van der Waals surface area contributed by atoms with E-state index in [0.29, 0.717) is 42.0 Å². The number of carbonyl (C=O) groups is 3. The average molecular weight is 479 g/mol. The molecule has 0 radical (unpaired) electrons. The van der Waals surface area contributed by atoms with Crippen molar-refractivity contribution >= 4 is 29.8 Å². The van der Waals surface area contributed by atoms with Crippen molar-refractivity contribution in [2.45, 2.75) is 39.2 Å². The Morgan fingerprint density at radius 2 is 1.74 bits per heavy atom. The first-order valence-corrected chi connectivity index (χ1v) is 11.5. The number of nitrogen functional groups attached to an aromatic ring is 1. The normalized spacial score (nSPS) is 16.3. The molecule has 35 heavy (non-hydrogen) atoms. The maximum atomic E-state index is 12.7. The van der Waals surface area contributed by atoms with Crippen LogP contribution in [0.1, 0.15) is 54.6 Å². The lowest BCUT2D eigenvalue weighted by Crippen LogP contribution is -2.54. The summed E-state index contributed by atoms with van der Waals surface area (Å²) in [7, 11) is 0. The first-order chi connectivity index (χ1) is 16.8. The number of esters is 2. The highest BCUT2D eigenvalue weighted by atomic mass is 16.5. The first-order valence-electron chi connectivity index (χ1n) is 11.5. The molecule has 0 saturated carbocycles. The summed E-state index contributed by atoms with van der Waals surface area (Å²) in [6, 6.07) is 12.5. The summed E-state index contributed by atoms with van der Waals surface area (Å²) in [4.78, 5) is 37.3. The van der Waals surface area contributed by atoms with Gasteiger partial charge in [-0.1, -0.05) is 12.1 Å². The summed E-state index contributed by atoms with van der Waals surface area (Å²) in [5.41, 5.74) is 10.3. The average Bonchev–Trinajstić information content (AvgIpc) is 2.85. The number of hydrogen-bond acceptors (Lipinski definition) is 7. The number of nitrogens with one attached hydrogen (secondary N) is 2. The molecule has 1 aliphatic heterocycles. The van der Waals surface area contributed by atoms with Crippen LogP contribution in [0.2, 0.25) is 0 Å². The Bertz CT molecular complexity index is 1110. The van der Waals surface area contributed by atoms with E-state index in [0.717, 1.165) is 18.4 Å². The molecule has 3 rings (SSSR count). The second-order valence-electron chi connectivity index (χ2n) is 8.17. The third-order valence-electron chi connectivity index (χ3n) is 5.57. The molecule has 0 aromatic heterocycles. The topological polar surface area (TPSA) is 135 Å². The Morgan fingerprint density at radius 3 is 2.37 bits per heavy atom. The van der Waals surface area contributed by atoms with Gasteiger partial charge >= 0.3 is 11.9 Å². The van der Waals surface area contributed by atoms with Crippen LogP contribution in [0, 0.1) is 5.41 Å². The van der Waals surface area contributed by atoms with Crippen molar-refractivity contribution in [3.05, 3.63) is 70.8 Å². The molecule has 1 saturated heterocycles. The smallest absolute Gasteiger partial charge is 0.343 e. The zero-order valence-electron chi connectivity index (χ0n) is 19.9. The van der Waals surface area contributed by atoms with Gasteiger partial charge in [0.25, 0.3) is 5.91 Å². The van der Waals surface area contributed by atoms with E-state index >= 15 is 0 Å². The number of hydrazine groups is 1. The lowest BCUT2D eigenvalue weighted by atomic mass is 10.0. The van der Waals surface area contributed by atoms with E-state index in [2.05, 4.69) is 5.43 Å². The molecule has 0 aliphatic carbocycles. The Kier molecular flexibility index (Phi) is 8.74. The SMILES string of the molecule is CCOC(=O)C1CCCCN1NC(=O)C(C)=Cc1ccc(C(=O)Oc2ccc(C(=N)N)cc2)cc1. The lowest BCUT2D eigenvalue weighted by Gasteiger charge is -2.33. The van der Waals surface area contributed by atoms with Crippen LogP contribution in [0.4, 0.5) is 0 Å². The Morgan fingerprint density at radius 1 is 1.09 bits per heavy atom. The number of hydrogen-bond donors (Lipinski definition) is 3. The number of nitrogens with two attached hydrogens (primary N) is 1. The lowest BCUT2D eigenvalue weighted by molar-refractivity contribution is -0.153. The van der Waals surface area contributed by atoms with Crippen LogP contribution in [0.15, 0.2) is 54.1 Å². The highest BCUT2D eigenvalue weighted by Gasteiger charge is 2.31.